The Kier molecular flexibility index (Phi) is 6.95. The summed E-state index contributed by atoms with van der Waals surface area (Å²) >= 11 is 0. The molecule has 2 heterocycles. The van der Waals surface area contributed by atoms with Crippen LogP contribution in [-0.4, -0.2) is 60.6 Å². The van der Waals surface area contributed by atoms with Crippen LogP contribution >= 0.6 is 0 Å². The van der Waals surface area contributed by atoms with E-state index in [9.17, 15) is 19.2 Å². The van der Waals surface area contributed by atoms with E-state index in [4.69, 9.17) is 14.2 Å². The van der Waals surface area contributed by atoms with Crippen LogP contribution in [0.3, 0.4) is 0 Å². The van der Waals surface area contributed by atoms with Gasteiger partial charge in [0.05, 0.1) is 6.04 Å². The van der Waals surface area contributed by atoms with Crippen LogP contribution in [0.2, 0.25) is 0 Å². The van der Waals surface area contributed by atoms with E-state index in [0.29, 0.717) is 43.5 Å². The van der Waals surface area contributed by atoms with Gasteiger partial charge in [0.1, 0.15) is 25.3 Å². The second kappa shape index (κ2) is 9.90. The summed E-state index contributed by atoms with van der Waals surface area (Å²) < 4.78 is 16.1. The van der Waals surface area contributed by atoms with Crippen molar-refractivity contribution in [3.05, 3.63) is 23.8 Å². The maximum atomic E-state index is 12.9. The zero-order chi connectivity index (χ0) is 24.3. The number of carbonyl (C=O) groups excluding carboxylic acids is 4. The predicted molar refractivity (Wildman–Crippen MR) is 120 cm³/mol. The number of ether oxygens (including phenoxy) is 3. The Labute approximate surface area is 198 Å². The third kappa shape index (κ3) is 4.95. The molecule has 1 atom stereocenters. The topological polar surface area (TPSA) is 123 Å². The highest BCUT2D eigenvalue weighted by atomic mass is 16.6. The predicted octanol–water partition coefficient (Wildman–Crippen LogP) is 2.07. The Morgan fingerprint density at radius 3 is 2.62 bits per heavy atom. The number of hydrogen-bond donors (Lipinski definition) is 2. The molecule has 1 saturated heterocycles. The number of nitrogens with zero attached hydrogens (tertiary/aromatic N) is 1. The molecule has 0 radical (unpaired) electrons. The van der Waals surface area contributed by atoms with Gasteiger partial charge in [0.25, 0.3) is 11.8 Å². The summed E-state index contributed by atoms with van der Waals surface area (Å²) in [6.45, 7) is 3.84. The van der Waals surface area contributed by atoms with Gasteiger partial charge in [0.2, 0.25) is 0 Å². The van der Waals surface area contributed by atoms with Gasteiger partial charge in [0, 0.05) is 0 Å². The van der Waals surface area contributed by atoms with Crippen molar-refractivity contribution >= 4 is 23.8 Å². The second-order valence-corrected chi connectivity index (χ2v) is 9.11. The minimum atomic E-state index is -0.917. The van der Waals surface area contributed by atoms with Crippen LogP contribution in [0.5, 0.6) is 11.5 Å². The number of hydrogen-bond acceptors (Lipinski definition) is 7. The minimum absolute atomic E-state index is 0.355. The zero-order valence-corrected chi connectivity index (χ0v) is 19.6. The highest BCUT2D eigenvalue weighted by Gasteiger charge is 2.52. The van der Waals surface area contributed by atoms with E-state index >= 15 is 0 Å². The van der Waals surface area contributed by atoms with Crippen molar-refractivity contribution in [2.24, 2.45) is 5.92 Å². The van der Waals surface area contributed by atoms with Crippen molar-refractivity contribution in [3.63, 3.8) is 0 Å². The molecule has 2 N–H and O–H groups in total. The average Bonchev–Trinajstić information content (AvgIpc) is 3.06. The summed E-state index contributed by atoms with van der Waals surface area (Å²) in [5.41, 5.74) is -0.106. The van der Waals surface area contributed by atoms with Crippen LogP contribution in [0.15, 0.2) is 18.2 Å². The fourth-order valence-electron chi connectivity index (χ4n) is 4.75. The fraction of sp³-hybridized carbons (Fsp3) is 0.583. The van der Waals surface area contributed by atoms with Gasteiger partial charge >= 0.3 is 12.0 Å². The molecule has 1 aliphatic carbocycles. The molecular weight excluding hydrogens is 442 g/mol. The standard InChI is InChI=1S/C24H31N3O7/c1-3-16-6-8-24(9-7-16)22(30)27(23(31)26-24)13-21(29)34-14-20(28)25-15(2)17-4-5-18-19(12-17)33-11-10-32-18/h4-5,12,15-16H,3,6-11,13-14H2,1-2H3,(H,25,28)(H,26,31). The number of benzene rings is 1. The first-order chi connectivity index (χ1) is 16.3. The summed E-state index contributed by atoms with van der Waals surface area (Å²) in [5, 5.41) is 5.53. The Morgan fingerprint density at radius 1 is 1.21 bits per heavy atom. The van der Waals surface area contributed by atoms with Gasteiger partial charge in [-0.3, -0.25) is 19.3 Å². The van der Waals surface area contributed by atoms with E-state index in [2.05, 4.69) is 17.6 Å². The van der Waals surface area contributed by atoms with Gasteiger partial charge in [-0.2, -0.15) is 0 Å². The lowest BCUT2D eigenvalue weighted by atomic mass is 9.75. The molecule has 2 aliphatic heterocycles. The minimum Gasteiger partial charge on any atom is -0.486 e. The lowest BCUT2D eigenvalue weighted by molar-refractivity contribution is -0.151. The number of esters is 1. The summed E-state index contributed by atoms with van der Waals surface area (Å²) in [6, 6.07) is 4.46. The normalized spacial score (nSPS) is 24.5. The van der Waals surface area contributed by atoms with Gasteiger partial charge in [-0.25, -0.2) is 4.79 Å². The first-order valence-corrected chi connectivity index (χ1v) is 11.8. The fourth-order valence-corrected chi connectivity index (χ4v) is 4.75. The van der Waals surface area contributed by atoms with Crippen molar-refractivity contribution in [1.82, 2.24) is 15.5 Å². The van der Waals surface area contributed by atoms with E-state index < -0.39 is 36.6 Å². The molecule has 4 rings (SSSR count). The molecule has 1 saturated carbocycles. The Hall–Kier alpha value is -3.30. The number of imide groups is 1. The molecule has 0 aromatic heterocycles. The lowest BCUT2D eigenvalue weighted by Gasteiger charge is -2.34. The molecule has 3 aliphatic rings. The van der Waals surface area contributed by atoms with Crippen molar-refractivity contribution in [1.29, 1.82) is 0 Å². The molecule has 0 bridgehead atoms. The number of fused-ring (bicyclic) bond motifs is 1. The first-order valence-electron chi connectivity index (χ1n) is 11.8. The largest absolute Gasteiger partial charge is 0.486 e. The van der Waals surface area contributed by atoms with Gasteiger partial charge < -0.3 is 24.8 Å². The molecule has 10 heteroatoms. The third-order valence-corrected chi connectivity index (χ3v) is 6.88. The molecular formula is C24H31N3O7. The quantitative estimate of drug-likeness (QED) is 0.459. The molecule has 2 fully saturated rings. The summed E-state index contributed by atoms with van der Waals surface area (Å²) in [4.78, 5) is 50.7. The summed E-state index contributed by atoms with van der Waals surface area (Å²) in [5.74, 6) is 0.124. The van der Waals surface area contributed by atoms with Gasteiger partial charge in [0.15, 0.2) is 18.1 Å². The van der Waals surface area contributed by atoms with Crippen LogP contribution in [0, 0.1) is 5.92 Å². The second-order valence-electron chi connectivity index (χ2n) is 9.11. The highest BCUT2D eigenvalue weighted by Crippen LogP contribution is 2.37. The summed E-state index contributed by atoms with van der Waals surface area (Å²) in [7, 11) is 0. The molecule has 1 aromatic carbocycles. The van der Waals surface area contributed by atoms with Crippen LogP contribution in [0.4, 0.5) is 4.79 Å². The third-order valence-electron chi connectivity index (χ3n) is 6.88. The van der Waals surface area contributed by atoms with Crippen molar-refractivity contribution in [3.8, 4) is 11.5 Å². The molecule has 1 aromatic rings. The summed E-state index contributed by atoms with van der Waals surface area (Å²) in [6.07, 6.45) is 3.91. The van der Waals surface area contributed by atoms with E-state index in [-0.39, 0.29) is 11.9 Å². The van der Waals surface area contributed by atoms with Gasteiger partial charge in [-0.1, -0.05) is 19.4 Å². The molecule has 10 nitrogen and oxygen atoms in total. The zero-order valence-electron chi connectivity index (χ0n) is 19.6. The lowest BCUT2D eigenvalue weighted by Crippen LogP contribution is -2.49. The van der Waals surface area contributed by atoms with Crippen molar-refractivity contribution in [2.75, 3.05) is 26.4 Å². The maximum absolute atomic E-state index is 12.9. The molecule has 4 amide bonds. The maximum Gasteiger partial charge on any atom is 0.326 e. The average molecular weight is 474 g/mol. The number of urea groups is 1. The highest BCUT2D eigenvalue weighted by molar-refractivity contribution is 6.08. The number of amides is 4. The molecule has 34 heavy (non-hydrogen) atoms. The number of nitrogens with one attached hydrogen (secondary N) is 2. The van der Waals surface area contributed by atoms with E-state index in [1.165, 1.54) is 0 Å². The Bertz CT molecular complexity index is 971. The van der Waals surface area contributed by atoms with Crippen LogP contribution in [0.25, 0.3) is 0 Å². The number of carbonyl (C=O) groups is 4. The first kappa shape index (κ1) is 23.8. The SMILES string of the molecule is CCC1CCC2(CC1)NC(=O)N(CC(=O)OCC(=O)NC(C)c1ccc3c(c1)OCCO3)C2=O. The molecule has 184 valence electrons. The smallest absolute Gasteiger partial charge is 0.326 e. The molecule has 1 unspecified atom stereocenters. The van der Waals surface area contributed by atoms with Crippen molar-refractivity contribution in [2.45, 2.75) is 57.5 Å². The van der Waals surface area contributed by atoms with Crippen LogP contribution in [-0.2, 0) is 19.1 Å². The molecule has 1 spiro atoms. The van der Waals surface area contributed by atoms with Crippen LogP contribution in [0.1, 0.15) is 57.6 Å². The van der Waals surface area contributed by atoms with E-state index in [0.717, 1.165) is 29.7 Å². The van der Waals surface area contributed by atoms with E-state index in [1.807, 2.05) is 6.07 Å². The monoisotopic (exact) mass is 473 g/mol. The number of rotatable bonds is 7. The van der Waals surface area contributed by atoms with Crippen LogP contribution < -0.4 is 20.1 Å². The van der Waals surface area contributed by atoms with Gasteiger partial charge in [-0.05, 0) is 56.2 Å². The van der Waals surface area contributed by atoms with E-state index in [1.54, 1.807) is 19.1 Å². The Morgan fingerprint density at radius 2 is 1.91 bits per heavy atom. The van der Waals surface area contributed by atoms with Crippen molar-refractivity contribution < 1.29 is 33.4 Å². The van der Waals surface area contributed by atoms with Gasteiger partial charge in [-0.15, -0.1) is 0 Å². The Balaban J connectivity index is 1.25.